The minimum Gasteiger partial charge on any atom is -0.316 e. The summed E-state index contributed by atoms with van der Waals surface area (Å²) in [5.74, 6) is 0. The molecule has 1 N–H and O–H groups in total. The highest BCUT2D eigenvalue weighted by molar-refractivity contribution is 5.49. The first-order valence-corrected chi connectivity index (χ1v) is 4.93. The molecule has 13 heavy (non-hydrogen) atoms. The summed E-state index contributed by atoms with van der Waals surface area (Å²) in [7, 11) is 4.06. The smallest absolute Gasteiger partial charge is 0.120 e. The molecule has 0 aliphatic heterocycles. The zero-order chi connectivity index (χ0) is 10.3. The third-order valence-corrected chi connectivity index (χ3v) is 2.43. The summed E-state index contributed by atoms with van der Waals surface area (Å²) < 4.78 is 0. The van der Waals surface area contributed by atoms with Gasteiger partial charge in [0.1, 0.15) is 6.29 Å². The van der Waals surface area contributed by atoms with E-state index in [1.165, 1.54) is 0 Å². The average molecular weight is 186 g/mol. The Morgan fingerprint density at radius 3 is 2.46 bits per heavy atom. The summed E-state index contributed by atoms with van der Waals surface area (Å²) in [6.07, 6.45) is 2.56. The molecule has 0 radical (unpaired) electrons. The Labute approximate surface area is 81.5 Å². The molecule has 0 saturated heterocycles. The maximum atomic E-state index is 10.2. The third-order valence-electron chi connectivity index (χ3n) is 2.43. The molecule has 0 aliphatic rings. The standard InChI is InChI=1S/C10H22N2O/c1-9(2)12(4)8-10(11-3)6-5-7-13/h7,9-11H,5-6,8H2,1-4H3. The minimum atomic E-state index is 0.428. The Balaban J connectivity index is 3.75. The molecular weight excluding hydrogens is 164 g/mol. The molecule has 0 bridgehead atoms. The molecule has 0 aromatic heterocycles. The molecule has 0 aromatic carbocycles. The van der Waals surface area contributed by atoms with E-state index in [-0.39, 0.29) is 0 Å². The van der Waals surface area contributed by atoms with E-state index < -0.39 is 0 Å². The van der Waals surface area contributed by atoms with Crippen LogP contribution in [0.25, 0.3) is 0 Å². The van der Waals surface area contributed by atoms with Crippen molar-refractivity contribution < 1.29 is 4.79 Å². The fourth-order valence-corrected chi connectivity index (χ4v) is 1.15. The predicted molar refractivity (Wildman–Crippen MR) is 55.9 cm³/mol. The van der Waals surface area contributed by atoms with Crippen LogP contribution in [0.15, 0.2) is 0 Å². The highest BCUT2D eigenvalue weighted by Gasteiger charge is 2.10. The van der Waals surface area contributed by atoms with Crippen LogP contribution >= 0.6 is 0 Å². The van der Waals surface area contributed by atoms with Crippen LogP contribution in [0.2, 0.25) is 0 Å². The van der Waals surface area contributed by atoms with Gasteiger partial charge in [-0.15, -0.1) is 0 Å². The Hall–Kier alpha value is -0.410. The number of carbonyl (C=O) groups excluding carboxylic acids is 1. The number of hydrogen-bond donors (Lipinski definition) is 1. The Morgan fingerprint density at radius 2 is 2.08 bits per heavy atom. The van der Waals surface area contributed by atoms with Crippen LogP contribution in [0, 0.1) is 0 Å². The molecule has 78 valence electrons. The molecule has 0 fully saturated rings. The van der Waals surface area contributed by atoms with Crippen molar-refractivity contribution in [2.45, 2.75) is 38.8 Å². The van der Waals surface area contributed by atoms with Crippen molar-refractivity contribution in [3.63, 3.8) is 0 Å². The zero-order valence-electron chi connectivity index (χ0n) is 9.21. The van der Waals surface area contributed by atoms with Crippen molar-refractivity contribution in [1.29, 1.82) is 0 Å². The molecule has 0 rings (SSSR count). The summed E-state index contributed by atoms with van der Waals surface area (Å²) in [5, 5.41) is 3.22. The average Bonchev–Trinajstić information content (AvgIpc) is 2.11. The Morgan fingerprint density at radius 1 is 1.46 bits per heavy atom. The maximum Gasteiger partial charge on any atom is 0.120 e. The van der Waals surface area contributed by atoms with Crippen molar-refractivity contribution in [2.75, 3.05) is 20.6 Å². The number of carbonyl (C=O) groups is 1. The predicted octanol–water partition coefficient (Wildman–Crippen LogP) is 0.894. The quantitative estimate of drug-likeness (QED) is 0.599. The largest absolute Gasteiger partial charge is 0.316 e. The number of hydrogen-bond acceptors (Lipinski definition) is 3. The van der Waals surface area contributed by atoms with Crippen LogP contribution in [0.1, 0.15) is 26.7 Å². The normalized spacial score (nSPS) is 13.7. The van der Waals surface area contributed by atoms with Gasteiger partial charge in [0.25, 0.3) is 0 Å². The van der Waals surface area contributed by atoms with Crippen molar-refractivity contribution in [1.82, 2.24) is 10.2 Å². The monoisotopic (exact) mass is 186 g/mol. The highest BCUT2D eigenvalue weighted by Crippen LogP contribution is 2.00. The van der Waals surface area contributed by atoms with Gasteiger partial charge in [-0.05, 0) is 34.4 Å². The van der Waals surface area contributed by atoms with Gasteiger partial charge in [0.2, 0.25) is 0 Å². The van der Waals surface area contributed by atoms with E-state index >= 15 is 0 Å². The van der Waals surface area contributed by atoms with E-state index in [0.29, 0.717) is 18.5 Å². The maximum absolute atomic E-state index is 10.2. The first-order valence-electron chi connectivity index (χ1n) is 4.93. The van der Waals surface area contributed by atoms with Crippen LogP contribution in [0.4, 0.5) is 0 Å². The molecule has 0 amide bonds. The molecule has 0 heterocycles. The minimum absolute atomic E-state index is 0.428. The van der Waals surface area contributed by atoms with E-state index in [2.05, 4.69) is 31.1 Å². The van der Waals surface area contributed by atoms with Crippen molar-refractivity contribution in [3.8, 4) is 0 Å². The van der Waals surface area contributed by atoms with Crippen LogP contribution < -0.4 is 5.32 Å². The zero-order valence-corrected chi connectivity index (χ0v) is 9.21. The van der Waals surface area contributed by atoms with Gasteiger partial charge < -0.3 is 15.0 Å². The second-order valence-corrected chi connectivity index (χ2v) is 3.76. The lowest BCUT2D eigenvalue weighted by molar-refractivity contribution is -0.108. The van der Waals surface area contributed by atoms with E-state index in [4.69, 9.17) is 0 Å². The van der Waals surface area contributed by atoms with Gasteiger partial charge in [-0.1, -0.05) is 0 Å². The number of nitrogens with one attached hydrogen (secondary N) is 1. The fraction of sp³-hybridized carbons (Fsp3) is 0.900. The Bertz CT molecular complexity index is 137. The lowest BCUT2D eigenvalue weighted by Crippen LogP contribution is -2.40. The van der Waals surface area contributed by atoms with E-state index in [9.17, 15) is 4.79 Å². The van der Waals surface area contributed by atoms with Gasteiger partial charge in [0, 0.05) is 25.0 Å². The SMILES string of the molecule is CNC(CCC=O)CN(C)C(C)C. The van der Waals surface area contributed by atoms with E-state index in [1.54, 1.807) is 0 Å². The molecular formula is C10H22N2O. The van der Waals surface area contributed by atoms with Gasteiger partial charge in [-0.25, -0.2) is 0 Å². The number of aldehydes is 1. The van der Waals surface area contributed by atoms with Gasteiger partial charge in [0.05, 0.1) is 0 Å². The second kappa shape index (κ2) is 7.04. The van der Waals surface area contributed by atoms with Crippen LogP contribution in [0.3, 0.4) is 0 Å². The summed E-state index contributed by atoms with van der Waals surface area (Å²) in [5.41, 5.74) is 0. The summed E-state index contributed by atoms with van der Waals surface area (Å²) in [6, 6.07) is 0.990. The van der Waals surface area contributed by atoms with Crippen molar-refractivity contribution >= 4 is 6.29 Å². The lowest BCUT2D eigenvalue weighted by atomic mass is 10.1. The number of likely N-dealkylation sites (N-methyl/N-ethyl adjacent to an activating group) is 2. The van der Waals surface area contributed by atoms with E-state index in [0.717, 1.165) is 19.3 Å². The van der Waals surface area contributed by atoms with Gasteiger partial charge in [0.15, 0.2) is 0 Å². The van der Waals surface area contributed by atoms with Gasteiger partial charge >= 0.3 is 0 Å². The summed E-state index contributed by atoms with van der Waals surface area (Å²) in [4.78, 5) is 12.5. The molecule has 3 heteroatoms. The van der Waals surface area contributed by atoms with Crippen LogP contribution in [-0.2, 0) is 4.79 Å². The molecule has 0 saturated carbocycles. The highest BCUT2D eigenvalue weighted by atomic mass is 16.1. The first-order chi connectivity index (χ1) is 6.11. The lowest BCUT2D eigenvalue weighted by Gasteiger charge is -2.26. The number of rotatable bonds is 7. The first kappa shape index (κ1) is 12.6. The summed E-state index contributed by atoms with van der Waals surface area (Å²) in [6.45, 7) is 5.35. The van der Waals surface area contributed by atoms with E-state index in [1.807, 2.05) is 7.05 Å². The molecule has 3 nitrogen and oxygen atoms in total. The molecule has 0 aromatic rings. The molecule has 0 spiro atoms. The van der Waals surface area contributed by atoms with Crippen LogP contribution in [0.5, 0.6) is 0 Å². The van der Waals surface area contributed by atoms with Gasteiger partial charge in [-0.3, -0.25) is 0 Å². The molecule has 1 unspecified atom stereocenters. The van der Waals surface area contributed by atoms with Gasteiger partial charge in [-0.2, -0.15) is 0 Å². The summed E-state index contributed by atoms with van der Waals surface area (Å²) >= 11 is 0. The van der Waals surface area contributed by atoms with Crippen LogP contribution in [-0.4, -0.2) is 43.9 Å². The topological polar surface area (TPSA) is 32.3 Å². The van der Waals surface area contributed by atoms with Crippen molar-refractivity contribution in [3.05, 3.63) is 0 Å². The molecule has 1 atom stereocenters. The second-order valence-electron chi connectivity index (χ2n) is 3.76. The Kier molecular flexibility index (Phi) is 6.82. The fourth-order valence-electron chi connectivity index (χ4n) is 1.15. The van der Waals surface area contributed by atoms with Crippen molar-refractivity contribution in [2.24, 2.45) is 0 Å². The third kappa shape index (κ3) is 5.77. The number of nitrogens with zero attached hydrogens (tertiary/aromatic N) is 1. The molecule has 0 aliphatic carbocycles.